The van der Waals surface area contributed by atoms with E-state index in [4.69, 9.17) is 23.2 Å². The minimum Gasteiger partial charge on any atom is -0.343 e. The molecule has 2 saturated heterocycles. The number of nitrogens with zero attached hydrogens (tertiary/aromatic N) is 8. The number of nitrogens with one attached hydrogen (secondary N) is 3. The first-order valence-electron chi connectivity index (χ1n) is 31.6. The highest BCUT2D eigenvalue weighted by Gasteiger charge is 2.50. The van der Waals surface area contributed by atoms with Crippen molar-refractivity contribution in [3.8, 4) is 0 Å². The van der Waals surface area contributed by atoms with Crippen molar-refractivity contribution in [2.24, 2.45) is 17.8 Å². The third-order valence-electron chi connectivity index (χ3n) is 18.3. The zero-order valence-electron chi connectivity index (χ0n) is 55.6. The topological polar surface area (TPSA) is 250 Å². The van der Waals surface area contributed by atoms with Crippen LogP contribution in [0.2, 0.25) is 10.0 Å². The molecule has 2 aromatic rings. The molecule has 27 heteroatoms. The van der Waals surface area contributed by atoms with Gasteiger partial charge in [-0.15, -0.1) is 0 Å². The van der Waals surface area contributed by atoms with E-state index in [0.29, 0.717) is 31.2 Å². The maximum absolute atomic E-state index is 15.1. The summed E-state index contributed by atoms with van der Waals surface area (Å²) in [5.74, 6) is -8.28. The number of halogens is 5. The molecule has 5 rings (SSSR count). The number of amides is 11. The smallest absolute Gasteiger partial charge is 0.343 e. The molecule has 1 aliphatic carbocycles. The van der Waals surface area contributed by atoms with Crippen molar-refractivity contribution >= 4 is 88.2 Å². The Labute approximate surface area is 548 Å². The highest BCUT2D eigenvalue weighted by atomic mass is 35.5. The van der Waals surface area contributed by atoms with Crippen molar-refractivity contribution in [3.63, 3.8) is 0 Å². The molecule has 0 bridgehead atoms. The Kier molecular flexibility index (Phi) is 26.9. The van der Waals surface area contributed by atoms with Gasteiger partial charge in [-0.2, -0.15) is 13.2 Å². The molecule has 8 atom stereocenters. The molecule has 11 amide bonds. The van der Waals surface area contributed by atoms with Gasteiger partial charge in [-0.05, 0) is 98.9 Å². The van der Waals surface area contributed by atoms with Crippen LogP contribution in [0.1, 0.15) is 129 Å². The Hall–Kier alpha value is -7.02. The lowest BCUT2D eigenvalue weighted by Crippen LogP contribution is -2.64. The van der Waals surface area contributed by atoms with Crippen LogP contribution in [0.4, 0.5) is 13.2 Å². The van der Waals surface area contributed by atoms with Crippen LogP contribution in [-0.2, 0) is 71.8 Å². The number of likely N-dealkylation sites (N-methyl/N-ethyl adjacent to an activating group) is 7. The van der Waals surface area contributed by atoms with E-state index < -0.39 is 161 Å². The number of carbonyl (C=O) groups excluding carboxylic acids is 11. The van der Waals surface area contributed by atoms with E-state index in [1.165, 1.54) is 75.0 Å². The Morgan fingerprint density at radius 3 is 1.85 bits per heavy atom. The molecule has 2 aliphatic heterocycles. The Morgan fingerprint density at radius 2 is 1.26 bits per heavy atom. The van der Waals surface area contributed by atoms with Gasteiger partial charge in [-0.3, -0.25) is 52.7 Å². The van der Waals surface area contributed by atoms with Crippen LogP contribution in [0.3, 0.4) is 0 Å². The Bertz CT molecular complexity index is 3040. The normalized spacial score (nSPS) is 24.9. The summed E-state index contributed by atoms with van der Waals surface area (Å²) in [6.07, 6.45) is -2.94. The number of hydrogen-bond donors (Lipinski definition) is 3. The van der Waals surface area contributed by atoms with Crippen molar-refractivity contribution in [3.05, 3.63) is 69.2 Å². The number of aryl methyl sites for hydroxylation is 1. The standard InChI is InChI=1S/C65H94Cl2F3N11O11/c1-15-40(6)55-61(90)76(10)36-53(84)74(8)37-54(85)79(13)50(34-43-21-16-17-22-45(43)66)60(89)75(9)35-51(82)71-47(27-25-42-24-26-44(46(67)33-42)65(68,69)70)59(88)81-30-20-23-48(81)58(87)73-64(28-18-19-29-64)63(92)80(14)56(39(4)5)62(91)77(11)41(7)32-52(83)78(12)49(31-38(2)3)57(86)72-55/h16-17,21-22,24,26,33,38-41,47-50,55-56H,15,18-20,23,25,27-32,34-37H2,1-14H3,(H,71,82)(H,72,86)(H,73,87)/t40-,41+,47-,48-,49-,50-,55-,56-/m0/s1. The number of hydrogen-bond acceptors (Lipinski definition) is 11. The van der Waals surface area contributed by atoms with Gasteiger partial charge in [0.05, 0.1) is 30.2 Å². The molecule has 3 aliphatic rings. The van der Waals surface area contributed by atoms with E-state index in [-0.39, 0.29) is 74.4 Å². The molecule has 92 heavy (non-hydrogen) atoms. The molecule has 1 spiro atoms. The summed E-state index contributed by atoms with van der Waals surface area (Å²) in [4.78, 5) is 170. The van der Waals surface area contributed by atoms with E-state index >= 15 is 9.59 Å². The van der Waals surface area contributed by atoms with Gasteiger partial charge >= 0.3 is 6.18 Å². The zero-order chi connectivity index (χ0) is 69.0. The zero-order valence-corrected chi connectivity index (χ0v) is 57.1. The summed E-state index contributed by atoms with van der Waals surface area (Å²) < 4.78 is 41.3. The van der Waals surface area contributed by atoms with E-state index in [0.717, 1.165) is 31.7 Å². The van der Waals surface area contributed by atoms with Gasteiger partial charge in [0, 0.05) is 79.8 Å². The van der Waals surface area contributed by atoms with Crippen LogP contribution in [0.5, 0.6) is 0 Å². The predicted molar refractivity (Wildman–Crippen MR) is 341 cm³/mol. The molecular formula is C65H94Cl2F3N11O11. The molecule has 0 radical (unpaired) electrons. The van der Waals surface area contributed by atoms with Crippen LogP contribution in [0, 0.1) is 17.8 Å². The first-order valence-corrected chi connectivity index (χ1v) is 32.3. The second-order valence-electron chi connectivity index (χ2n) is 26.0. The number of rotatable bonds is 10. The molecule has 3 fully saturated rings. The molecule has 2 aromatic carbocycles. The van der Waals surface area contributed by atoms with Gasteiger partial charge in [-0.1, -0.05) is 108 Å². The van der Waals surface area contributed by atoms with Crippen molar-refractivity contribution in [1.29, 1.82) is 0 Å². The third-order valence-corrected chi connectivity index (χ3v) is 19.0. The molecule has 22 nitrogen and oxygen atoms in total. The van der Waals surface area contributed by atoms with Crippen molar-refractivity contribution in [2.75, 3.05) is 75.5 Å². The predicted octanol–water partition coefficient (Wildman–Crippen LogP) is 5.43. The van der Waals surface area contributed by atoms with Gasteiger partial charge in [0.25, 0.3) is 0 Å². The molecule has 0 aromatic heterocycles. The lowest BCUT2D eigenvalue weighted by molar-refractivity contribution is -0.152. The molecule has 3 N–H and O–H groups in total. The summed E-state index contributed by atoms with van der Waals surface area (Å²) in [6.45, 7) is 10.7. The second-order valence-corrected chi connectivity index (χ2v) is 26.8. The maximum atomic E-state index is 15.1. The average molecular weight is 1330 g/mol. The number of carbonyl (C=O) groups is 11. The van der Waals surface area contributed by atoms with E-state index in [1.54, 1.807) is 52.0 Å². The third kappa shape index (κ3) is 18.9. The van der Waals surface area contributed by atoms with Gasteiger partial charge in [0.15, 0.2) is 0 Å². The fourth-order valence-corrected chi connectivity index (χ4v) is 12.8. The summed E-state index contributed by atoms with van der Waals surface area (Å²) in [6, 6.07) is 1.61. The highest BCUT2D eigenvalue weighted by molar-refractivity contribution is 6.31. The van der Waals surface area contributed by atoms with Crippen LogP contribution in [-0.4, -0.2) is 228 Å². The lowest BCUT2D eigenvalue weighted by Gasteiger charge is -2.41. The second kappa shape index (κ2) is 32.7. The van der Waals surface area contributed by atoms with E-state index in [2.05, 4.69) is 16.0 Å². The number of alkyl halides is 3. The molecule has 510 valence electrons. The molecule has 2 heterocycles. The maximum Gasteiger partial charge on any atom is 0.417 e. The minimum absolute atomic E-state index is 0.0331. The van der Waals surface area contributed by atoms with Gasteiger partial charge in [-0.25, -0.2) is 0 Å². The number of fused-ring (bicyclic) bond motifs is 1. The summed E-state index contributed by atoms with van der Waals surface area (Å²) >= 11 is 12.7. The Balaban J connectivity index is 1.58. The highest BCUT2D eigenvalue weighted by Crippen LogP contribution is 2.37. The van der Waals surface area contributed by atoms with Crippen LogP contribution < -0.4 is 16.0 Å². The van der Waals surface area contributed by atoms with Crippen molar-refractivity contribution in [1.82, 2.24) is 55.1 Å². The fourth-order valence-electron chi connectivity index (χ4n) is 12.3. The lowest BCUT2D eigenvalue weighted by atomic mass is 9.91. The summed E-state index contributed by atoms with van der Waals surface area (Å²) in [5.41, 5.74) is -1.86. The van der Waals surface area contributed by atoms with Gasteiger partial charge < -0.3 is 55.1 Å². The van der Waals surface area contributed by atoms with Gasteiger partial charge in [0.1, 0.15) is 41.8 Å². The van der Waals surface area contributed by atoms with Crippen molar-refractivity contribution in [2.45, 2.75) is 180 Å². The van der Waals surface area contributed by atoms with Crippen LogP contribution >= 0.6 is 23.2 Å². The fraction of sp³-hybridized carbons (Fsp3) is 0.646. The largest absolute Gasteiger partial charge is 0.417 e. The van der Waals surface area contributed by atoms with Crippen molar-refractivity contribution < 1.29 is 65.9 Å². The van der Waals surface area contributed by atoms with Crippen LogP contribution in [0.15, 0.2) is 42.5 Å². The van der Waals surface area contributed by atoms with Gasteiger partial charge in [0.2, 0.25) is 65.0 Å². The molecular weight excluding hydrogens is 1240 g/mol. The SMILES string of the molecule is CC[C@H](C)[C@@H]1NC(=O)[C@H](CC(C)C)N(C)C(=O)C[C@@H](C)N(C)C(=O)[C@H](C(C)C)N(C)C(=O)C2(CCCC2)NC(=O)[C@@H]2CCCN2C(=O)[C@H](CCc2ccc(C(F)(F)F)c(Cl)c2)NC(=O)CN(C)C(=O)[C@H](Cc2ccccc2Cl)N(C)C(=O)CN(C)C(=O)CN(C)C1=O. The summed E-state index contributed by atoms with van der Waals surface area (Å²) in [5, 5.41) is 8.26. The monoisotopic (exact) mass is 1330 g/mol. The molecule has 0 unspecified atom stereocenters. The Morgan fingerprint density at radius 1 is 0.652 bits per heavy atom. The minimum atomic E-state index is -4.76. The number of benzene rings is 2. The first kappa shape index (κ1) is 75.7. The van der Waals surface area contributed by atoms with Crippen LogP contribution in [0.25, 0.3) is 0 Å². The average Bonchev–Trinajstić information content (AvgIpc) is 1.59. The summed E-state index contributed by atoms with van der Waals surface area (Å²) in [7, 11) is 9.82. The quantitative estimate of drug-likeness (QED) is 0.271. The molecule has 1 saturated carbocycles. The first-order chi connectivity index (χ1) is 43.0. The van der Waals surface area contributed by atoms with E-state index in [9.17, 15) is 56.3 Å². The van der Waals surface area contributed by atoms with E-state index in [1.807, 2.05) is 20.8 Å².